The molecule has 2 N–H and O–H groups in total. The summed E-state index contributed by atoms with van der Waals surface area (Å²) in [5.41, 5.74) is 0.154. The number of carbonyl (C=O) groups is 1. The Bertz CT molecular complexity index is 827. The van der Waals surface area contributed by atoms with Gasteiger partial charge < -0.3 is 19.5 Å². The molecular formula is C14H14ClN3O5. The standard InChI is InChI=1S/C14H14ClN3O5/c15-11-12-9-6-10(20)8(14(21)22)7-17(9)2-3-18(12)16-13(11)23-5-1-4-19/h6-7,19H,1-5H2,(H,21,22). The molecule has 1 aliphatic rings. The summed E-state index contributed by atoms with van der Waals surface area (Å²) in [4.78, 5) is 23.0. The minimum Gasteiger partial charge on any atom is -0.477 e. The molecule has 2 aromatic heterocycles. The SMILES string of the molecule is O=C(O)c1cn2c(cc1=O)-c1c(Cl)c(OCCCO)nn1CC2. The minimum atomic E-state index is -1.26. The van der Waals surface area contributed by atoms with Gasteiger partial charge in [0.1, 0.15) is 16.3 Å². The summed E-state index contributed by atoms with van der Waals surface area (Å²) in [5.74, 6) is -1.03. The van der Waals surface area contributed by atoms with Gasteiger partial charge in [0, 0.05) is 31.8 Å². The number of hydrogen-bond donors (Lipinski definition) is 2. The van der Waals surface area contributed by atoms with Crippen LogP contribution in [0.4, 0.5) is 0 Å². The van der Waals surface area contributed by atoms with Gasteiger partial charge in [0.25, 0.3) is 5.88 Å². The summed E-state index contributed by atoms with van der Waals surface area (Å²) in [6.07, 6.45) is 1.77. The first-order chi connectivity index (χ1) is 11.0. The molecule has 0 spiro atoms. The van der Waals surface area contributed by atoms with Gasteiger partial charge in [-0.05, 0) is 0 Å². The molecule has 0 atom stereocenters. The van der Waals surface area contributed by atoms with Crippen LogP contribution in [0.25, 0.3) is 11.4 Å². The topological polar surface area (TPSA) is 107 Å². The maximum atomic E-state index is 11.9. The lowest BCUT2D eigenvalue weighted by molar-refractivity contribution is 0.0694. The van der Waals surface area contributed by atoms with Gasteiger partial charge in [-0.25, -0.2) is 4.79 Å². The largest absolute Gasteiger partial charge is 0.477 e. The summed E-state index contributed by atoms with van der Waals surface area (Å²) >= 11 is 6.30. The van der Waals surface area contributed by atoms with Gasteiger partial charge in [-0.15, -0.1) is 5.10 Å². The number of aryl methyl sites for hydroxylation is 2. The van der Waals surface area contributed by atoms with Crippen LogP contribution in [0.3, 0.4) is 0 Å². The van der Waals surface area contributed by atoms with Crippen molar-refractivity contribution in [1.29, 1.82) is 0 Å². The third-order valence-electron chi connectivity index (χ3n) is 3.56. The van der Waals surface area contributed by atoms with Crippen molar-refractivity contribution in [3.8, 4) is 17.3 Å². The van der Waals surface area contributed by atoms with Crippen LogP contribution in [-0.4, -0.2) is 43.7 Å². The lowest BCUT2D eigenvalue weighted by Gasteiger charge is -2.20. The second-order valence-electron chi connectivity index (χ2n) is 5.05. The van der Waals surface area contributed by atoms with Gasteiger partial charge in [-0.3, -0.25) is 9.48 Å². The predicted octanol–water partition coefficient (Wildman–Crippen LogP) is 0.838. The van der Waals surface area contributed by atoms with Crippen molar-refractivity contribution in [1.82, 2.24) is 14.3 Å². The van der Waals surface area contributed by atoms with Gasteiger partial charge >= 0.3 is 5.97 Å². The van der Waals surface area contributed by atoms with E-state index in [0.29, 0.717) is 30.9 Å². The van der Waals surface area contributed by atoms with E-state index < -0.39 is 11.4 Å². The average Bonchev–Trinajstić information content (AvgIpc) is 2.83. The van der Waals surface area contributed by atoms with E-state index in [9.17, 15) is 9.59 Å². The number of hydrogen-bond acceptors (Lipinski definition) is 5. The van der Waals surface area contributed by atoms with Crippen LogP contribution in [0.1, 0.15) is 16.8 Å². The lowest BCUT2D eigenvalue weighted by atomic mass is 10.1. The Hall–Kier alpha value is -2.32. The van der Waals surface area contributed by atoms with Crippen molar-refractivity contribution in [3.05, 3.63) is 33.1 Å². The molecule has 0 unspecified atom stereocenters. The van der Waals surface area contributed by atoms with E-state index in [2.05, 4.69) is 5.10 Å². The third-order valence-corrected chi connectivity index (χ3v) is 3.90. The van der Waals surface area contributed by atoms with Gasteiger partial charge in [-0.2, -0.15) is 0 Å². The number of ether oxygens (including phenoxy) is 1. The molecule has 122 valence electrons. The molecule has 0 radical (unpaired) electrons. The van der Waals surface area contributed by atoms with Crippen molar-refractivity contribution >= 4 is 17.6 Å². The highest BCUT2D eigenvalue weighted by Gasteiger charge is 2.26. The maximum absolute atomic E-state index is 11.9. The number of carboxylic acid groups (broad SMARTS) is 1. The Morgan fingerprint density at radius 3 is 2.91 bits per heavy atom. The number of aromatic carboxylic acids is 1. The highest BCUT2D eigenvalue weighted by Crippen LogP contribution is 2.37. The Labute approximate surface area is 135 Å². The normalized spacial score (nSPS) is 12.6. The number of aliphatic hydroxyl groups excluding tert-OH is 1. The maximum Gasteiger partial charge on any atom is 0.341 e. The van der Waals surface area contributed by atoms with Crippen molar-refractivity contribution in [2.45, 2.75) is 19.5 Å². The Morgan fingerprint density at radius 1 is 1.43 bits per heavy atom. The van der Waals surface area contributed by atoms with E-state index >= 15 is 0 Å². The number of rotatable bonds is 5. The highest BCUT2D eigenvalue weighted by atomic mass is 35.5. The van der Waals surface area contributed by atoms with Crippen LogP contribution in [0.5, 0.6) is 5.88 Å². The number of aliphatic hydroxyl groups is 1. The zero-order valence-corrected chi connectivity index (χ0v) is 12.8. The molecule has 0 bridgehead atoms. The number of fused-ring (bicyclic) bond motifs is 3. The van der Waals surface area contributed by atoms with E-state index in [1.165, 1.54) is 12.3 Å². The smallest absolute Gasteiger partial charge is 0.341 e. The van der Waals surface area contributed by atoms with E-state index in [-0.39, 0.29) is 29.7 Å². The van der Waals surface area contributed by atoms with Crippen molar-refractivity contribution in [2.24, 2.45) is 0 Å². The molecule has 0 amide bonds. The number of carboxylic acids is 1. The zero-order chi connectivity index (χ0) is 16.6. The molecule has 23 heavy (non-hydrogen) atoms. The van der Waals surface area contributed by atoms with Gasteiger partial charge in [-0.1, -0.05) is 11.6 Å². The Morgan fingerprint density at radius 2 is 2.22 bits per heavy atom. The first-order valence-electron chi connectivity index (χ1n) is 7.01. The van der Waals surface area contributed by atoms with Crippen LogP contribution >= 0.6 is 11.6 Å². The van der Waals surface area contributed by atoms with Gasteiger partial charge in [0.2, 0.25) is 0 Å². The van der Waals surface area contributed by atoms with Crippen molar-refractivity contribution in [2.75, 3.05) is 13.2 Å². The summed E-state index contributed by atoms with van der Waals surface area (Å²) in [6, 6.07) is 1.25. The second-order valence-corrected chi connectivity index (χ2v) is 5.43. The van der Waals surface area contributed by atoms with E-state index in [1.807, 2.05) is 0 Å². The molecule has 0 aromatic carbocycles. The molecular weight excluding hydrogens is 326 g/mol. The minimum absolute atomic E-state index is 0.00137. The van der Waals surface area contributed by atoms with Crippen molar-refractivity contribution in [3.63, 3.8) is 0 Å². The van der Waals surface area contributed by atoms with Gasteiger partial charge in [0.15, 0.2) is 5.43 Å². The van der Waals surface area contributed by atoms with E-state index in [1.54, 1.807) is 9.25 Å². The van der Waals surface area contributed by atoms with Crippen LogP contribution in [0, 0.1) is 0 Å². The molecule has 0 fully saturated rings. The first kappa shape index (κ1) is 15.6. The zero-order valence-electron chi connectivity index (χ0n) is 12.0. The van der Waals surface area contributed by atoms with Crippen LogP contribution in [0.15, 0.2) is 17.1 Å². The lowest BCUT2D eigenvalue weighted by Crippen LogP contribution is -2.24. The molecule has 0 saturated heterocycles. The second kappa shape index (κ2) is 6.05. The number of halogens is 1. The van der Waals surface area contributed by atoms with E-state index in [4.69, 9.17) is 26.6 Å². The van der Waals surface area contributed by atoms with Gasteiger partial charge in [0.05, 0.1) is 18.8 Å². The third kappa shape index (κ3) is 2.71. The van der Waals surface area contributed by atoms with Crippen LogP contribution in [-0.2, 0) is 13.1 Å². The Balaban J connectivity index is 2.05. The summed E-state index contributed by atoms with van der Waals surface area (Å²) in [7, 11) is 0. The molecule has 0 aliphatic carbocycles. The quantitative estimate of drug-likeness (QED) is 0.782. The van der Waals surface area contributed by atoms with Crippen LogP contribution in [0.2, 0.25) is 5.02 Å². The van der Waals surface area contributed by atoms with E-state index in [0.717, 1.165) is 0 Å². The molecule has 3 rings (SSSR count). The predicted molar refractivity (Wildman–Crippen MR) is 81.1 cm³/mol. The average molecular weight is 340 g/mol. The molecule has 0 saturated carbocycles. The molecule has 3 heterocycles. The fourth-order valence-electron chi connectivity index (χ4n) is 2.48. The first-order valence-corrected chi connectivity index (χ1v) is 7.39. The summed E-state index contributed by atoms with van der Waals surface area (Å²) in [5, 5.41) is 22.3. The van der Waals surface area contributed by atoms with Crippen molar-refractivity contribution < 1.29 is 19.7 Å². The fourth-order valence-corrected chi connectivity index (χ4v) is 2.76. The monoisotopic (exact) mass is 339 g/mol. The Kier molecular flexibility index (Phi) is 4.10. The van der Waals surface area contributed by atoms with Crippen LogP contribution < -0.4 is 10.2 Å². The summed E-state index contributed by atoms with van der Waals surface area (Å²) in [6.45, 7) is 1.23. The summed E-state index contributed by atoms with van der Waals surface area (Å²) < 4.78 is 8.73. The molecule has 8 nitrogen and oxygen atoms in total. The molecule has 1 aliphatic heterocycles. The number of nitrogens with zero attached hydrogens (tertiary/aromatic N) is 3. The highest BCUT2D eigenvalue weighted by molar-refractivity contribution is 6.34. The molecule has 2 aromatic rings. The fraction of sp³-hybridized carbons (Fsp3) is 0.357. The molecule has 9 heteroatoms. The number of aromatic nitrogens is 3. The number of pyridine rings is 1.